The maximum absolute atomic E-state index is 13.0. The van der Waals surface area contributed by atoms with Crippen molar-refractivity contribution in [2.75, 3.05) is 32.8 Å². The molecule has 4 aromatic carbocycles. The summed E-state index contributed by atoms with van der Waals surface area (Å²) in [6.45, 7) is 11.2. The van der Waals surface area contributed by atoms with Crippen molar-refractivity contribution >= 4 is 47.6 Å². The fourth-order valence-electron chi connectivity index (χ4n) is 6.04. The Morgan fingerprint density at radius 1 is 0.852 bits per heavy atom. The molecule has 1 amide bonds. The zero-order chi connectivity index (χ0) is 37.2. The molecule has 54 heavy (non-hydrogen) atoms. The summed E-state index contributed by atoms with van der Waals surface area (Å²) in [4.78, 5) is 21.7. The first-order valence-electron chi connectivity index (χ1n) is 18.0. The van der Waals surface area contributed by atoms with Crippen LogP contribution in [-0.4, -0.2) is 53.5 Å². The number of aryl methyl sites for hydroxylation is 1. The Morgan fingerprint density at radius 2 is 1.57 bits per heavy atom. The van der Waals surface area contributed by atoms with Gasteiger partial charge in [-0.3, -0.25) is 9.69 Å². The van der Waals surface area contributed by atoms with Crippen molar-refractivity contribution in [3.63, 3.8) is 0 Å². The molecule has 6 rings (SSSR count). The highest BCUT2D eigenvalue weighted by Gasteiger charge is 2.20. The van der Waals surface area contributed by atoms with Gasteiger partial charge in [-0.05, 0) is 83.1 Å². The smallest absolute Gasteiger partial charge is 0.246 e. The SMILES string of the molecule is Cc1cc(/C=C/C(=O)N2CCN(Cc3ccc(CCOc4ccc(C(C)C)cc4)cc3)CC2)ccc1Oc1ccc(OCc2cccc(Cl)c2Cl)cn1.Cl. The summed E-state index contributed by atoms with van der Waals surface area (Å²) < 4.78 is 17.8. The first kappa shape index (κ1) is 40.7. The van der Waals surface area contributed by atoms with Gasteiger partial charge in [-0.1, -0.05) is 91.6 Å². The normalized spacial score (nSPS) is 13.2. The molecule has 0 unspecified atom stereocenters. The topological polar surface area (TPSA) is 64.1 Å². The fraction of sp³-hybridized carbons (Fsp3) is 0.273. The molecule has 0 N–H and O–H groups in total. The Hall–Kier alpha value is -4.53. The second kappa shape index (κ2) is 19.7. The maximum Gasteiger partial charge on any atom is 0.246 e. The third-order valence-electron chi connectivity index (χ3n) is 9.29. The number of ether oxygens (including phenoxy) is 3. The number of hydrogen-bond donors (Lipinski definition) is 0. The largest absolute Gasteiger partial charge is 0.493 e. The molecule has 0 saturated carbocycles. The number of piperazine rings is 1. The van der Waals surface area contributed by atoms with Gasteiger partial charge in [-0.2, -0.15) is 0 Å². The van der Waals surface area contributed by atoms with Gasteiger partial charge in [0.05, 0.1) is 22.8 Å². The highest BCUT2D eigenvalue weighted by Crippen LogP contribution is 2.29. The third kappa shape index (κ3) is 11.5. The van der Waals surface area contributed by atoms with Gasteiger partial charge in [0.2, 0.25) is 11.8 Å². The number of carbonyl (C=O) groups excluding carboxylic acids is 1. The molecule has 1 aliphatic rings. The molecule has 0 spiro atoms. The van der Waals surface area contributed by atoms with E-state index in [1.54, 1.807) is 30.5 Å². The van der Waals surface area contributed by atoms with Gasteiger partial charge in [0.25, 0.3) is 0 Å². The van der Waals surface area contributed by atoms with Crippen molar-refractivity contribution < 1.29 is 19.0 Å². The van der Waals surface area contributed by atoms with Crippen molar-refractivity contribution in [3.05, 3.63) is 153 Å². The molecule has 1 saturated heterocycles. The van der Waals surface area contributed by atoms with E-state index in [9.17, 15) is 4.79 Å². The lowest BCUT2D eigenvalue weighted by Gasteiger charge is -2.34. The van der Waals surface area contributed by atoms with E-state index in [2.05, 4.69) is 72.3 Å². The molecule has 1 aromatic heterocycles. The molecule has 0 aliphatic carbocycles. The van der Waals surface area contributed by atoms with Crippen LogP contribution >= 0.6 is 35.6 Å². The predicted molar refractivity (Wildman–Crippen MR) is 221 cm³/mol. The first-order valence-corrected chi connectivity index (χ1v) is 18.8. The van der Waals surface area contributed by atoms with Crippen LogP contribution in [0.25, 0.3) is 6.08 Å². The summed E-state index contributed by atoms with van der Waals surface area (Å²) in [5.41, 5.74) is 6.51. The molecule has 1 aliphatic heterocycles. The Morgan fingerprint density at radius 3 is 2.26 bits per heavy atom. The second-order valence-electron chi connectivity index (χ2n) is 13.5. The molecule has 0 bridgehead atoms. The van der Waals surface area contributed by atoms with Crippen LogP contribution in [0.5, 0.6) is 23.1 Å². The lowest BCUT2D eigenvalue weighted by atomic mass is 10.0. The monoisotopic (exact) mass is 785 g/mol. The Bertz CT molecular complexity index is 1990. The van der Waals surface area contributed by atoms with Crippen LogP contribution in [0.15, 0.2) is 109 Å². The van der Waals surface area contributed by atoms with E-state index in [-0.39, 0.29) is 24.9 Å². The maximum atomic E-state index is 13.0. The molecule has 7 nitrogen and oxygen atoms in total. The van der Waals surface area contributed by atoms with E-state index in [1.165, 1.54) is 16.7 Å². The van der Waals surface area contributed by atoms with Gasteiger partial charge in [0.1, 0.15) is 23.9 Å². The zero-order valence-corrected chi connectivity index (χ0v) is 33.2. The molecule has 282 valence electrons. The number of halogens is 3. The van der Waals surface area contributed by atoms with E-state index in [1.807, 2.05) is 48.2 Å². The van der Waals surface area contributed by atoms with Crippen LogP contribution in [0.3, 0.4) is 0 Å². The zero-order valence-electron chi connectivity index (χ0n) is 30.8. The summed E-state index contributed by atoms with van der Waals surface area (Å²) in [5.74, 6) is 3.17. The van der Waals surface area contributed by atoms with Crippen LogP contribution in [0.1, 0.15) is 53.1 Å². The Kier molecular flexibility index (Phi) is 14.8. The van der Waals surface area contributed by atoms with Gasteiger partial charge in [0.15, 0.2) is 0 Å². The van der Waals surface area contributed by atoms with Crippen molar-refractivity contribution in [1.82, 2.24) is 14.8 Å². The van der Waals surface area contributed by atoms with Gasteiger partial charge in [-0.25, -0.2) is 4.98 Å². The summed E-state index contributed by atoms with van der Waals surface area (Å²) in [5, 5.41) is 0.970. The highest BCUT2D eigenvalue weighted by molar-refractivity contribution is 6.42. The molecule has 0 atom stereocenters. The molecule has 10 heteroatoms. The minimum Gasteiger partial charge on any atom is -0.493 e. The quantitative estimate of drug-likeness (QED) is 0.104. The van der Waals surface area contributed by atoms with Crippen molar-refractivity contribution in [1.29, 1.82) is 0 Å². The minimum absolute atomic E-state index is 0. The molecule has 5 aromatic rings. The van der Waals surface area contributed by atoms with Crippen LogP contribution < -0.4 is 14.2 Å². The fourth-order valence-corrected chi connectivity index (χ4v) is 6.42. The Labute approximate surface area is 334 Å². The van der Waals surface area contributed by atoms with Crippen LogP contribution in [0.2, 0.25) is 10.0 Å². The number of pyridine rings is 1. The number of amides is 1. The van der Waals surface area contributed by atoms with E-state index in [4.69, 9.17) is 37.4 Å². The average Bonchev–Trinajstić information content (AvgIpc) is 3.17. The van der Waals surface area contributed by atoms with E-state index in [0.717, 1.165) is 48.5 Å². The molecular weight excluding hydrogens is 741 g/mol. The number of carbonyl (C=O) groups is 1. The first-order chi connectivity index (χ1) is 25.7. The molecule has 0 radical (unpaired) electrons. The standard InChI is InChI=1S/C44H45Cl2N3O4.ClH/c1-31(2)36-13-15-38(16-14-36)51-26-21-33-7-9-35(10-8-33)29-48-22-24-49(25-23-48)43(50)20-12-34-11-18-41(32(3)27-34)53-42-19-17-39(28-47-42)52-30-37-5-4-6-40(45)44(37)46;/h4-20,27-28,31H,21-26,29-30H2,1-3H3;1H/b20-12+;. The number of rotatable bonds is 14. The summed E-state index contributed by atoms with van der Waals surface area (Å²) in [6.07, 6.45) is 5.99. The predicted octanol–water partition coefficient (Wildman–Crippen LogP) is 10.6. The minimum atomic E-state index is 0. The molecular formula is C44H46Cl3N3O4. The van der Waals surface area contributed by atoms with E-state index >= 15 is 0 Å². The lowest BCUT2D eigenvalue weighted by molar-refractivity contribution is -0.127. The van der Waals surface area contributed by atoms with Crippen molar-refractivity contribution in [3.8, 4) is 23.1 Å². The van der Waals surface area contributed by atoms with E-state index in [0.29, 0.717) is 53.0 Å². The van der Waals surface area contributed by atoms with Crippen molar-refractivity contribution in [2.24, 2.45) is 0 Å². The van der Waals surface area contributed by atoms with Gasteiger partial charge < -0.3 is 19.1 Å². The van der Waals surface area contributed by atoms with Gasteiger partial charge >= 0.3 is 0 Å². The van der Waals surface area contributed by atoms with Gasteiger partial charge in [-0.15, -0.1) is 12.4 Å². The van der Waals surface area contributed by atoms with E-state index < -0.39 is 0 Å². The highest BCUT2D eigenvalue weighted by atomic mass is 35.5. The number of aromatic nitrogens is 1. The van der Waals surface area contributed by atoms with Gasteiger partial charge in [0, 0.05) is 56.9 Å². The molecule has 2 heterocycles. The van der Waals surface area contributed by atoms with Crippen LogP contribution in [0.4, 0.5) is 0 Å². The van der Waals surface area contributed by atoms with Crippen molar-refractivity contribution in [2.45, 2.75) is 46.3 Å². The average molecular weight is 787 g/mol. The number of benzene rings is 4. The summed E-state index contributed by atoms with van der Waals surface area (Å²) in [6, 6.07) is 32.0. The Balaban J connectivity index is 0.00000561. The number of hydrogen-bond acceptors (Lipinski definition) is 6. The van der Waals surface area contributed by atoms with Crippen LogP contribution in [0, 0.1) is 6.92 Å². The molecule has 1 fully saturated rings. The summed E-state index contributed by atoms with van der Waals surface area (Å²) >= 11 is 12.3. The lowest BCUT2D eigenvalue weighted by Crippen LogP contribution is -2.47. The van der Waals surface area contributed by atoms with Crippen LogP contribution in [-0.2, 0) is 24.4 Å². The third-order valence-corrected chi connectivity index (χ3v) is 10.1. The summed E-state index contributed by atoms with van der Waals surface area (Å²) in [7, 11) is 0. The number of nitrogens with zero attached hydrogens (tertiary/aromatic N) is 3. The second-order valence-corrected chi connectivity index (χ2v) is 14.3.